The van der Waals surface area contributed by atoms with E-state index in [4.69, 9.17) is 27.9 Å². The molecule has 154 valence electrons. The zero-order valence-corrected chi connectivity index (χ0v) is 18.1. The standard InChI is InChI=1S/C19H15Cl2N5O3S/c1-10-13-9-22-18(23-19(13)25-24-10)11-3-6-15(16(7-11)29-2)26-30(27,28)17-8-12(20)4-5-14(17)21/h3-9,26H,1-2H3,(H,22,23,24,25). The molecular formula is C19H15Cl2N5O3S. The minimum absolute atomic E-state index is 0.0547. The van der Waals surface area contributed by atoms with Crippen LogP contribution in [0.15, 0.2) is 47.5 Å². The van der Waals surface area contributed by atoms with Gasteiger partial charge in [0, 0.05) is 16.8 Å². The maximum atomic E-state index is 12.8. The zero-order valence-electron chi connectivity index (χ0n) is 15.8. The lowest BCUT2D eigenvalue weighted by molar-refractivity contribution is 0.417. The Bertz CT molecular complexity index is 1370. The molecule has 0 atom stereocenters. The number of methoxy groups -OCH3 is 1. The first kappa shape index (κ1) is 20.4. The molecule has 11 heteroatoms. The number of H-pyrrole nitrogens is 1. The molecule has 0 aliphatic rings. The molecule has 0 saturated carbocycles. The Kier molecular flexibility index (Phi) is 5.27. The molecule has 2 N–H and O–H groups in total. The molecule has 0 aliphatic heterocycles. The van der Waals surface area contributed by atoms with E-state index in [9.17, 15) is 8.42 Å². The summed E-state index contributed by atoms with van der Waals surface area (Å²) in [6.07, 6.45) is 1.68. The maximum Gasteiger partial charge on any atom is 0.263 e. The highest BCUT2D eigenvalue weighted by Crippen LogP contribution is 2.33. The van der Waals surface area contributed by atoms with Gasteiger partial charge in [-0.3, -0.25) is 9.82 Å². The first-order valence-electron chi connectivity index (χ1n) is 8.62. The molecule has 4 rings (SSSR count). The lowest BCUT2D eigenvalue weighted by atomic mass is 10.1. The smallest absolute Gasteiger partial charge is 0.263 e. The number of fused-ring (bicyclic) bond motifs is 1. The van der Waals surface area contributed by atoms with Crippen LogP contribution in [-0.4, -0.2) is 35.7 Å². The second kappa shape index (κ2) is 7.75. The number of aryl methyl sites for hydroxylation is 1. The van der Waals surface area contributed by atoms with Crippen molar-refractivity contribution in [3.05, 3.63) is 58.3 Å². The molecule has 0 unspecified atom stereocenters. The van der Waals surface area contributed by atoms with Gasteiger partial charge in [-0.1, -0.05) is 23.2 Å². The van der Waals surface area contributed by atoms with Crippen molar-refractivity contribution in [2.24, 2.45) is 0 Å². The topological polar surface area (TPSA) is 110 Å². The number of hydrogen-bond acceptors (Lipinski definition) is 6. The van der Waals surface area contributed by atoms with Crippen LogP contribution in [0.3, 0.4) is 0 Å². The number of aromatic amines is 1. The summed E-state index contributed by atoms with van der Waals surface area (Å²) in [6.45, 7) is 1.86. The average molecular weight is 464 g/mol. The number of halogens is 2. The quantitative estimate of drug-likeness (QED) is 0.452. The molecular weight excluding hydrogens is 449 g/mol. The molecule has 0 radical (unpaired) electrons. The van der Waals surface area contributed by atoms with E-state index in [0.717, 1.165) is 11.1 Å². The Morgan fingerprint density at radius 2 is 1.93 bits per heavy atom. The lowest BCUT2D eigenvalue weighted by Gasteiger charge is -2.14. The summed E-state index contributed by atoms with van der Waals surface area (Å²) in [6, 6.07) is 9.10. The average Bonchev–Trinajstić information content (AvgIpc) is 3.10. The molecule has 0 fully saturated rings. The van der Waals surface area contributed by atoms with Gasteiger partial charge >= 0.3 is 0 Å². The summed E-state index contributed by atoms with van der Waals surface area (Å²) in [4.78, 5) is 8.69. The van der Waals surface area contributed by atoms with Gasteiger partial charge in [-0.15, -0.1) is 0 Å². The Balaban J connectivity index is 1.70. The monoisotopic (exact) mass is 463 g/mol. The number of nitrogens with zero attached hydrogens (tertiary/aromatic N) is 3. The van der Waals surface area contributed by atoms with Crippen LogP contribution in [0.25, 0.3) is 22.4 Å². The van der Waals surface area contributed by atoms with Crippen molar-refractivity contribution in [2.75, 3.05) is 11.8 Å². The summed E-state index contributed by atoms with van der Waals surface area (Å²) in [5.41, 5.74) is 2.29. The molecule has 2 aromatic heterocycles. The van der Waals surface area contributed by atoms with E-state index in [0.29, 0.717) is 22.8 Å². The fourth-order valence-electron chi connectivity index (χ4n) is 2.87. The van der Waals surface area contributed by atoms with E-state index in [1.165, 1.54) is 25.3 Å². The Hall–Kier alpha value is -2.88. The second-order valence-corrected chi connectivity index (χ2v) is 8.85. The van der Waals surface area contributed by atoms with Crippen molar-refractivity contribution in [1.29, 1.82) is 0 Å². The predicted molar refractivity (Wildman–Crippen MR) is 116 cm³/mol. The molecule has 0 aliphatic carbocycles. The van der Waals surface area contributed by atoms with Crippen molar-refractivity contribution < 1.29 is 13.2 Å². The molecule has 8 nitrogen and oxygen atoms in total. The van der Waals surface area contributed by atoms with Crippen LogP contribution >= 0.6 is 23.2 Å². The largest absolute Gasteiger partial charge is 0.495 e. The second-order valence-electron chi connectivity index (χ2n) is 6.36. The normalized spacial score (nSPS) is 11.6. The SMILES string of the molecule is COc1cc(-c2ncc3c(C)n[nH]c3n2)ccc1NS(=O)(=O)c1cc(Cl)ccc1Cl. The van der Waals surface area contributed by atoms with Gasteiger partial charge in [0.25, 0.3) is 10.0 Å². The van der Waals surface area contributed by atoms with Crippen LogP contribution in [0.1, 0.15) is 5.69 Å². The van der Waals surface area contributed by atoms with Crippen molar-refractivity contribution in [1.82, 2.24) is 20.2 Å². The van der Waals surface area contributed by atoms with Gasteiger partial charge in [-0.25, -0.2) is 18.4 Å². The van der Waals surface area contributed by atoms with E-state index in [2.05, 4.69) is 24.9 Å². The van der Waals surface area contributed by atoms with E-state index in [1.54, 1.807) is 24.4 Å². The van der Waals surface area contributed by atoms with Crippen LogP contribution < -0.4 is 9.46 Å². The Morgan fingerprint density at radius 1 is 1.13 bits per heavy atom. The van der Waals surface area contributed by atoms with Gasteiger partial charge in [0.1, 0.15) is 10.6 Å². The summed E-state index contributed by atoms with van der Waals surface area (Å²) in [5.74, 6) is 0.732. The summed E-state index contributed by atoms with van der Waals surface area (Å²) in [5, 5.41) is 8.10. The van der Waals surface area contributed by atoms with Gasteiger partial charge in [-0.05, 0) is 43.3 Å². The van der Waals surface area contributed by atoms with Crippen LogP contribution in [0.2, 0.25) is 10.0 Å². The highest BCUT2D eigenvalue weighted by atomic mass is 35.5. The number of anilines is 1. The van der Waals surface area contributed by atoms with E-state index in [1.807, 2.05) is 6.92 Å². The minimum atomic E-state index is -3.99. The number of sulfonamides is 1. The fraction of sp³-hybridized carbons (Fsp3) is 0.105. The predicted octanol–water partition coefficient (Wildman–Crippen LogP) is 4.44. The molecule has 0 amide bonds. The summed E-state index contributed by atoms with van der Waals surface area (Å²) < 4.78 is 33.5. The van der Waals surface area contributed by atoms with Gasteiger partial charge in [-0.2, -0.15) is 5.10 Å². The molecule has 2 heterocycles. The third kappa shape index (κ3) is 3.79. The Labute approximate surface area is 182 Å². The molecule has 0 saturated heterocycles. The maximum absolute atomic E-state index is 12.8. The third-order valence-corrected chi connectivity index (χ3v) is 6.48. The molecule has 4 aromatic rings. The number of nitrogens with one attached hydrogen (secondary N) is 2. The third-order valence-electron chi connectivity index (χ3n) is 4.39. The van der Waals surface area contributed by atoms with Gasteiger partial charge < -0.3 is 4.74 Å². The molecule has 2 aromatic carbocycles. The van der Waals surface area contributed by atoms with Gasteiger partial charge in [0.2, 0.25) is 0 Å². The first-order chi connectivity index (χ1) is 14.3. The number of hydrogen-bond donors (Lipinski definition) is 2. The van der Waals surface area contributed by atoms with Crippen LogP contribution in [-0.2, 0) is 10.0 Å². The van der Waals surface area contributed by atoms with E-state index >= 15 is 0 Å². The molecule has 0 spiro atoms. The minimum Gasteiger partial charge on any atom is -0.495 e. The molecule has 0 bridgehead atoms. The van der Waals surface area contributed by atoms with Crippen molar-refractivity contribution in [2.45, 2.75) is 11.8 Å². The first-order valence-corrected chi connectivity index (χ1v) is 10.9. The highest BCUT2D eigenvalue weighted by molar-refractivity contribution is 7.92. The van der Waals surface area contributed by atoms with E-state index < -0.39 is 10.0 Å². The summed E-state index contributed by atoms with van der Waals surface area (Å²) in [7, 11) is -2.56. The number of benzene rings is 2. The number of ether oxygens (including phenoxy) is 1. The van der Waals surface area contributed by atoms with Gasteiger partial charge in [0.05, 0.1) is 28.9 Å². The number of aromatic nitrogens is 4. The van der Waals surface area contributed by atoms with Crippen molar-refractivity contribution in [3.8, 4) is 17.1 Å². The van der Waals surface area contributed by atoms with Gasteiger partial charge in [0.15, 0.2) is 11.5 Å². The van der Waals surface area contributed by atoms with Crippen LogP contribution in [0.4, 0.5) is 5.69 Å². The van der Waals surface area contributed by atoms with Crippen LogP contribution in [0, 0.1) is 6.92 Å². The van der Waals surface area contributed by atoms with Crippen LogP contribution in [0.5, 0.6) is 5.75 Å². The number of rotatable bonds is 5. The summed E-state index contributed by atoms with van der Waals surface area (Å²) >= 11 is 12.0. The van der Waals surface area contributed by atoms with Crippen molar-refractivity contribution >= 4 is 49.9 Å². The fourth-order valence-corrected chi connectivity index (χ4v) is 4.70. The van der Waals surface area contributed by atoms with E-state index in [-0.39, 0.29) is 20.6 Å². The highest BCUT2D eigenvalue weighted by Gasteiger charge is 2.21. The zero-order chi connectivity index (χ0) is 21.5. The Morgan fingerprint density at radius 3 is 2.70 bits per heavy atom. The lowest BCUT2D eigenvalue weighted by Crippen LogP contribution is -2.14. The van der Waals surface area contributed by atoms with Crippen molar-refractivity contribution in [3.63, 3.8) is 0 Å². The molecule has 30 heavy (non-hydrogen) atoms.